The monoisotopic (exact) mass is 274 g/mol. The number of para-hydroxylation sites is 1. The number of carbonyl (C=O) groups excluding carboxylic acids is 1. The van der Waals surface area contributed by atoms with Gasteiger partial charge in [0.05, 0.1) is 6.10 Å². The molecule has 1 unspecified atom stereocenters. The van der Waals surface area contributed by atoms with Gasteiger partial charge in [0.1, 0.15) is 11.3 Å². The Bertz CT molecular complexity index is 420. The third-order valence-corrected chi connectivity index (χ3v) is 3.28. The summed E-state index contributed by atoms with van der Waals surface area (Å²) in [5.74, 6) is -0.0135. The molecule has 17 heavy (non-hydrogen) atoms. The fourth-order valence-corrected chi connectivity index (χ4v) is 1.84. The fourth-order valence-electron chi connectivity index (χ4n) is 1.13. The molecule has 1 atom stereocenters. The van der Waals surface area contributed by atoms with Crippen molar-refractivity contribution in [3.8, 4) is 5.75 Å². The van der Waals surface area contributed by atoms with Crippen molar-refractivity contribution in [1.29, 1.82) is 0 Å². The van der Waals surface area contributed by atoms with Gasteiger partial charge in [0.2, 0.25) is 7.15 Å². The second-order valence-electron chi connectivity index (χ2n) is 3.51. The van der Waals surface area contributed by atoms with Gasteiger partial charge in [-0.05, 0) is 37.8 Å². The molecule has 0 saturated heterocycles. The maximum absolute atomic E-state index is 11.8. The van der Waals surface area contributed by atoms with Crippen molar-refractivity contribution in [3.63, 3.8) is 0 Å². The summed E-state index contributed by atoms with van der Waals surface area (Å²) in [4.78, 5) is 11.8. The van der Waals surface area contributed by atoms with E-state index in [4.69, 9.17) is 25.6 Å². The SMILES string of the molecule is CO[PH](=S)Oc1ccccc1C(=O)OC(C)C. The minimum absolute atomic E-state index is 0.175. The van der Waals surface area contributed by atoms with Gasteiger partial charge >= 0.3 is 5.97 Å². The van der Waals surface area contributed by atoms with E-state index in [0.717, 1.165) is 0 Å². The second-order valence-corrected chi connectivity index (χ2v) is 5.62. The van der Waals surface area contributed by atoms with Gasteiger partial charge in [-0.15, -0.1) is 0 Å². The molecule has 0 heterocycles. The van der Waals surface area contributed by atoms with E-state index in [9.17, 15) is 4.79 Å². The van der Waals surface area contributed by atoms with Crippen LogP contribution >= 0.6 is 7.15 Å². The van der Waals surface area contributed by atoms with Gasteiger partial charge in [-0.1, -0.05) is 12.1 Å². The molecule has 0 fully saturated rings. The van der Waals surface area contributed by atoms with Gasteiger partial charge in [0.15, 0.2) is 0 Å². The third kappa shape index (κ3) is 4.46. The van der Waals surface area contributed by atoms with E-state index < -0.39 is 13.1 Å². The van der Waals surface area contributed by atoms with Crippen molar-refractivity contribution in [3.05, 3.63) is 29.8 Å². The number of ether oxygens (including phenoxy) is 1. The van der Waals surface area contributed by atoms with Crippen molar-refractivity contribution in [2.75, 3.05) is 7.11 Å². The van der Waals surface area contributed by atoms with Crippen LogP contribution in [0.4, 0.5) is 0 Å². The third-order valence-electron chi connectivity index (χ3n) is 1.81. The van der Waals surface area contributed by atoms with Gasteiger partial charge < -0.3 is 13.8 Å². The Morgan fingerprint density at radius 3 is 2.59 bits per heavy atom. The zero-order chi connectivity index (χ0) is 12.8. The molecule has 94 valence electrons. The standard InChI is InChI=1S/C11H15O4PS/c1-8(2)14-11(12)9-6-4-5-7-10(9)15-16(17)13-3/h4-8,16H,1-3H3. The van der Waals surface area contributed by atoms with Crippen LogP contribution in [-0.2, 0) is 21.1 Å². The number of esters is 1. The first-order chi connectivity index (χ1) is 8.04. The van der Waals surface area contributed by atoms with Crippen molar-refractivity contribution in [2.24, 2.45) is 0 Å². The number of carbonyl (C=O) groups is 1. The van der Waals surface area contributed by atoms with Crippen molar-refractivity contribution in [1.82, 2.24) is 0 Å². The summed E-state index contributed by atoms with van der Waals surface area (Å²) >= 11 is 4.96. The predicted octanol–water partition coefficient (Wildman–Crippen LogP) is 2.78. The molecule has 0 N–H and O–H groups in total. The Balaban J connectivity index is 2.91. The molecule has 0 aromatic heterocycles. The lowest BCUT2D eigenvalue weighted by Gasteiger charge is -2.12. The molecule has 6 heteroatoms. The topological polar surface area (TPSA) is 44.8 Å². The average Bonchev–Trinajstić information content (AvgIpc) is 2.28. The molecule has 0 saturated carbocycles. The Kier molecular flexibility index (Phi) is 5.62. The molecule has 0 aliphatic carbocycles. The normalized spacial score (nSPS) is 12.2. The van der Waals surface area contributed by atoms with Crippen molar-refractivity contribution in [2.45, 2.75) is 20.0 Å². The van der Waals surface area contributed by atoms with E-state index in [1.54, 1.807) is 38.1 Å². The van der Waals surface area contributed by atoms with Crippen LogP contribution in [0, 0.1) is 0 Å². The summed E-state index contributed by atoms with van der Waals surface area (Å²) in [5.41, 5.74) is 0.366. The van der Waals surface area contributed by atoms with Gasteiger partial charge in [-0.3, -0.25) is 0 Å². The number of rotatable bonds is 5. The first-order valence-electron chi connectivity index (χ1n) is 5.10. The summed E-state index contributed by atoms with van der Waals surface area (Å²) in [6.07, 6.45) is -0.175. The van der Waals surface area contributed by atoms with E-state index >= 15 is 0 Å². The van der Waals surface area contributed by atoms with Gasteiger partial charge in [-0.25, -0.2) is 4.79 Å². The summed E-state index contributed by atoms with van der Waals surface area (Å²) < 4.78 is 15.4. The molecule has 1 aromatic carbocycles. The first-order valence-corrected chi connectivity index (χ1v) is 7.55. The quantitative estimate of drug-likeness (QED) is 0.610. The highest BCUT2D eigenvalue weighted by Gasteiger charge is 2.15. The van der Waals surface area contributed by atoms with Crippen LogP contribution in [0.25, 0.3) is 0 Å². The van der Waals surface area contributed by atoms with Gasteiger partial charge in [0.25, 0.3) is 0 Å². The summed E-state index contributed by atoms with van der Waals surface area (Å²) in [6, 6.07) is 6.82. The van der Waals surface area contributed by atoms with E-state index in [1.165, 1.54) is 7.11 Å². The predicted molar refractivity (Wildman–Crippen MR) is 70.3 cm³/mol. The molecular weight excluding hydrogens is 259 g/mol. The summed E-state index contributed by atoms with van der Waals surface area (Å²) in [5, 5.41) is 0. The minimum Gasteiger partial charge on any atom is -0.459 e. The van der Waals surface area contributed by atoms with Gasteiger partial charge in [-0.2, -0.15) is 0 Å². The molecule has 4 nitrogen and oxygen atoms in total. The maximum Gasteiger partial charge on any atom is 0.342 e. The molecule has 0 amide bonds. The van der Waals surface area contributed by atoms with Crippen molar-refractivity contribution < 1.29 is 18.6 Å². The minimum atomic E-state index is -1.79. The lowest BCUT2D eigenvalue weighted by atomic mass is 10.2. The Morgan fingerprint density at radius 1 is 1.35 bits per heavy atom. The van der Waals surface area contributed by atoms with Gasteiger partial charge in [0, 0.05) is 7.11 Å². The Labute approximate surface area is 106 Å². The van der Waals surface area contributed by atoms with Crippen LogP contribution in [-0.4, -0.2) is 19.2 Å². The molecule has 0 bridgehead atoms. The molecule has 0 radical (unpaired) electrons. The lowest BCUT2D eigenvalue weighted by molar-refractivity contribution is 0.0376. The van der Waals surface area contributed by atoms with Crippen LogP contribution < -0.4 is 4.52 Å². The van der Waals surface area contributed by atoms with Crippen molar-refractivity contribution >= 4 is 24.9 Å². The Hall–Kier alpha value is -0.900. The molecule has 0 aliphatic heterocycles. The van der Waals surface area contributed by atoms with Crippen LogP contribution in [0.5, 0.6) is 5.75 Å². The Morgan fingerprint density at radius 2 is 2.00 bits per heavy atom. The smallest absolute Gasteiger partial charge is 0.342 e. The largest absolute Gasteiger partial charge is 0.459 e. The second kappa shape index (κ2) is 6.74. The van der Waals surface area contributed by atoms with E-state index in [2.05, 4.69) is 0 Å². The molecule has 1 aromatic rings. The zero-order valence-electron chi connectivity index (χ0n) is 9.93. The van der Waals surface area contributed by atoms with Crippen LogP contribution in [0.1, 0.15) is 24.2 Å². The average molecular weight is 274 g/mol. The lowest BCUT2D eigenvalue weighted by Crippen LogP contribution is -2.12. The van der Waals surface area contributed by atoms with Crippen LogP contribution in [0.15, 0.2) is 24.3 Å². The summed E-state index contributed by atoms with van der Waals surface area (Å²) in [6.45, 7) is 3.58. The highest BCUT2D eigenvalue weighted by molar-refractivity contribution is 8.00. The molecule has 0 spiro atoms. The summed E-state index contributed by atoms with van der Waals surface area (Å²) in [7, 11) is -0.306. The van der Waals surface area contributed by atoms with E-state index in [-0.39, 0.29) is 6.10 Å². The molecule has 0 aliphatic rings. The highest BCUT2D eigenvalue weighted by Crippen LogP contribution is 2.30. The molecule has 1 rings (SSSR count). The van der Waals surface area contributed by atoms with E-state index in [1.807, 2.05) is 0 Å². The highest BCUT2D eigenvalue weighted by atomic mass is 32.4. The van der Waals surface area contributed by atoms with Crippen LogP contribution in [0.2, 0.25) is 0 Å². The zero-order valence-corrected chi connectivity index (χ0v) is 11.7. The molecular formula is C11H15O4PS. The first kappa shape index (κ1) is 14.2. The van der Waals surface area contributed by atoms with E-state index in [0.29, 0.717) is 11.3 Å². The maximum atomic E-state index is 11.8. The number of benzene rings is 1. The number of hydrogen-bond donors (Lipinski definition) is 0. The fraction of sp³-hybridized carbons (Fsp3) is 0.364. The van der Waals surface area contributed by atoms with Crippen LogP contribution in [0.3, 0.4) is 0 Å². The number of hydrogen-bond acceptors (Lipinski definition) is 5.